The second kappa shape index (κ2) is 5.15. The highest BCUT2D eigenvalue weighted by molar-refractivity contribution is 5.34. The van der Waals surface area contributed by atoms with Crippen LogP contribution < -0.4 is 0 Å². The average Bonchev–Trinajstić information content (AvgIpc) is 3.09. The molecule has 2 heteroatoms. The number of alkyl halides is 1. The summed E-state index contributed by atoms with van der Waals surface area (Å²) in [5, 5.41) is 0. The summed E-state index contributed by atoms with van der Waals surface area (Å²) >= 11 is 0. The summed E-state index contributed by atoms with van der Waals surface area (Å²) in [5.41, 5.74) is 0.378. The summed E-state index contributed by atoms with van der Waals surface area (Å²) in [7, 11) is 0. The van der Waals surface area contributed by atoms with Gasteiger partial charge in [-0.2, -0.15) is 0 Å². The van der Waals surface area contributed by atoms with Gasteiger partial charge in [0.15, 0.2) is 0 Å². The molecular formula is C17H23FO. The fraction of sp³-hybridized carbons (Fsp3) is 0.647. The molecule has 0 amide bonds. The minimum atomic E-state index is -1.03. The fourth-order valence-electron chi connectivity index (χ4n) is 3.19. The molecule has 3 aliphatic carbocycles. The SMILES string of the molecule is C=C1CCCC(CCOC2=CC3CC3(F)C=C2)CC1. The Bertz CT molecular complexity index is 423. The van der Waals surface area contributed by atoms with Crippen molar-refractivity contribution in [3.05, 3.63) is 36.1 Å². The van der Waals surface area contributed by atoms with Crippen LogP contribution in [0.4, 0.5) is 4.39 Å². The summed E-state index contributed by atoms with van der Waals surface area (Å²) < 4.78 is 19.4. The Morgan fingerprint density at radius 1 is 1.37 bits per heavy atom. The van der Waals surface area contributed by atoms with Crippen molar-refractivity contribution >= 4 is 0 Å². The van der Waals surface area contributed by atoms with Gasteiger partial charge in [0.1, 0.15) is 11.4 Å². The number of hydrogen-bond donors (Lipinski definition) is 0. The van der Waals surface area contributed by atoms with Gasteiger partial charge in [-0.25, -0.2) is 4.39 Å². The Kier molecular flexibility index (Phi) is 3.51. The molecule has 0 heterocycles. The Balaban J connectivity index is 1.40. The van der Waals surface area contributed by atoms with Gasteiger partial charge in [0.2, 0.25) is 0 Å². The second-order valence-corrected chi connectivity index (χ2v) is 6.32. The lowest BCUT2D eigenvalue weighted by atomic mass is 9.97. The summed E-state index contributed by atoms with van der Waals surface area (Å²) in [6, 6.07) is 0. The lowest BCUT2D eigenvalue weighted by molar-refractivity contribution is 0.191. The zero-order chi connectivity index (χ0) is 13.3. The summed E-state index contributed by atoms with van der Waals surface area (Å²) in [6.45, 7) is 4.86. The van der Waals surface area contributed by atoms with Crippen molar-refractivity contribution < 1.29 is 9.13 Å². The first-order valence-electron chi connectivity index (χ1n) is 7.55. The van der Waals surface area contributed by atoms with Gasteiger partial charge in [0.05, 0.1) is 6.61 Å². The van der Waals surface area contributed by atoms with E-state index in [9.17, 15) is 4.39 Å². The van der Waals surface area contributed by atoms with Gasteiger partial charge in [-0.15, -0.1) is 0 Å². The molecule has 3 atom stereocenters. The molecule has 0 N–H and O–H groups in total. The molecule has 3 rings (SSSR count). The Morgan fingerprint density at radius 3 is 3.11 bits per heavy atom. The van der Waals surface area contributed by atoms with Gasteiger partial charge < -0.3 is 4.74 Å². The van der Waals surface area contributed by atoms with Crippen LogP contribution in [0.25, 0.3) is 0 Å². The lowest BCUT2D eigenvalue weighted by Gasteiger charge is -2.16. The first-order valence-corrected chi connectivity index (χ1v) is 7.55. The summed E-state index contributed by atoms with van der Waals surface area (Å²) in [5.74, 6) is 1.72. The molecule has 0 aromatic rings. The van der Waals surface area contributed by atoms with Gasteiger partial charge in [0.25, 0.3) is 0 Å². The van der Waals surface area contributed by atoms with E-state index in [1.165, 1.54) is 37.7 Å². The van der Waals surface area contributed by atoms with Gasteiger partial charge in [-0.1, -0.05) is 18.6 Å². The van der Waals surface area contributed by atoms with E-state index >= 15 is 0 Å². The normalized spacial score (nSPS) is 37.3. The van der Waals surface area contributed by atoms with Crippen LogP contribution in [0.5, 0.6) is 0 Å². The van der Waals surface area contributed by atoms with Crippen LogP contribution in [-0.4, -0.2) is 12.3 Å². The number of allylic oxidation sites excluding steroid dienone is 4. The van der Waals surface area contributed by atoms with Gasteiger partial charge >= 0.3 is 0 Å². The Labute approximate surface area is 115 Å². The quantitative estimate of drug-likeness (QED) is 0.526. The second-order valence-electron chi connectivity index (χ2n) is 6.32. The maximum absolute atomic E-state index is 13.6. The zero-order valence-electron chi connectivity index (χ0n) is 11.5. The molecular weight excluding hydrogens is 239 g/mol. The maximum atomic E-state index is 13.6. The predicted molar refractivity (Wildman–Crippen MR) is 75.5 cm³/mol. The van der Waals surface area contributed by atoms with Crippen molar-refractivity contribution in [1.29, 1.82) is 0 Å². The number of ether oxygens (including phenoxy) is 1. The van der Waals surface area contributed by atoms with Crippen LogP contribution >= 0.6 is 0 Å². The largest absolute Gasteiger partial charge is 0.494 e. The van der Waals surface area contributed by atoms with Crippen LogP contribution in [-0.2, 0) is 4.74 Å². The van der Waals surface area contributed by atoms with E-state index in [2.05, 4.69) is 6.58 Å². The molecule has 2 fully saturated rings. The fourth-order valence-corrected chi connectivity index (χ4v) is 3.19. The van der Waals surface area contributed by atoms with Crippen molar-refractivity contribution in [3.63, 3.8) is 0 Å². The monoisotopic (exact) mass is 262 g/mol. The highest BCUT2D eigenvalue weighted by Gasteiger charge is 2.53. The average molecular weight is 262 g/mol. The number of hydrogen-bond acceptors (Lipinski definition) is 1. The van der Waals surface area contributed by atoms with Crippen molar-refractivity contribution in [1.82, 2.24) is 0 Å². The molecule has 1 nitrogen and oxygen atoms in total. The van der Waals surface area contributed by atoms with E-state index in [1.54, 1.807) is 12.2 Å². The summed E-state index contributed by atoms with van der Waals surface area (Å²) in [6.07, 6.45) is 13.4. The van der Waals surface area contributed by atoms with E-state index in [-0.39, 0.29) is 5.92 Å². The molecule has 3 aliphatic rings. The first-order chi connectivity index (χ1) is 9.16. The molecule has 0 aliphatic heterocycles. The van der Waals surface area contributed by atoms with E-state index in [0.717, 1.165) is 24.7 Å². The topological polar surface area (TPSA) is 9.23 Å². The maximum Gasteiger partial charge on any atom is 0.136 e. The molecule has 104 valence electrons. The molecule has 0 spiro atoms. The third-order valence-corrected chi connectivity index (χ3v) is 4.72. The van der Waals surface area contributed by atoms with Crippen LogP contribution in [0.1, 0.15) is 44.9 Å². The van der Waals surface area contributed by atoms with Crippen molar-refractivity contribution in [3.8, 4) is 0 Å². The Hall–Kier alpha value is -1.05. The van der Waals surface area contributed by atoms with Crippen LogP contribution in [0.2, 0.25) is 0 Å². The van der Waals surface area contributed by atoms with Crippen LogP contribution in [0.3, 0.4) is 0 Å². The minimum absolute atomic E-state index is 0.0775. The minimum Gasteiger partial charge on any atom is -0.494 e. The summed E-state index contributed by atoms with van der Waals surface area (Å²) in [4.78, 5) is 0. The van der Waals surface area contributed by atoms with Crippen LogP contribution in [0, 0.1) is 11.8 Å². The molecule has 0 saturated heterocycles. The molecule has 19 heavy (non-hydrogen) atoms. The molecule has 0 bridgehead atoms. The molecule has 0 aromatic heterocycles. The van der Waals surface area contributed by atoms with E-state index in [4.69, 9.17) is 4.74 Å². The molecule has 0 radical (unpaired) electrons. The first kappa shape index (κ1) is 13.0. The number of fused-ring (bicyclic) bond motifs is 1. The highest BCUT2D eigenvalue weighted by atomic mass is 19.1. The van der Waals surface area contributed by atoms with E-state index in [1.807, 2.05) is 6.08 Å². The Morgan fingerprint density at radius 2 is 2.26 bits per heavy atom. The number of halogens is 1. The third-order valence-electron chi connectivity index (χ3n) is 4.72. The predicted octanol–water partition coefficient (Wildman–Crippen LogP) is 4.71. The zero-order valence-corrected chi connectivity index (χ0v) is 11.5. The molecule has 3 unspecified atom stereocenters. The smallest absolute Gasteiger partial charge is 0.136 e. The highest BCUT2D eigenvalue weighted by Crippen LogP contribution is 2.52. The molecule has 0 aromatic carbocycles. The van der Waals surface area contributed by atoms with Crippen molar-refractivity contribution in [2.45, 2.75) is 50.6 Å². The van der Waals surface area contributed by atoms with Gasteiger partial charge in [0, 0.05) is 5.92 Å². The van der Waals surface area contributed by atoms with E-state index in [0.29, 0.717) is 6.42 Å². The lowest BCUT2D eigenvalue weighted by Crippen LogP contribution is -2.07. The standard InChI is InChI=1S/C17H23FO/c1-13-3-2-4-14(6-5-13)8-10-19-16-7-9-17(18)12-15(17)11-16/h7,9,11,14-15H,1-6,8,10,12H2. The molecule has 2 saturated carbocycles. The van der Waals surface area contributed by atoms with E-state index < -0.39 is 5.67 Å². The van der Waals surface area contributed by atoms with Gasteiger partial charge in [-0.3, -0.25) is 0 Å². The van der Waals surface area contributed by atoms with Crippen molar-refractivity contribution in [2.24, 2.45) is 11.8 Å². The number of rotatable bonds is 4. The third kappa shape index (κ3) is 3.10. The van der Waals surface area contributed by atoms with Crippen LogP contribution in [0.15, 0.2) is 36.1 Å². The van der Waals surface area contributed by atoms with Crippen molar-refractivity contribution in [2.75, 3.05) is 6.61 Å². The van der Waals surface area contributed by atoms with Gasteiger partial charge in [-0.05, 0) is 62.7 Å².